The molecule has 1 atom stereocenters. The number of aliphatic carboxylic acids is 1. The molecule has 0 radical (unpaired) electrons. The number of nitrogens with zero attached hydrogens (tertiary/aromatic N) is 3. The van der Waals surface area contributed by atoms with Crippen LogP contribution in [0.5, 0.6) is 5.88 Å². The summed E-state index contributed by atoms with van der Waals surface area (Å²) < 4.78 is 43.5. The Labute approximate surface area is 178 Å². The number of aromatic nitrogens is 1. The van der Waals surface area contributed by atoms with Crippen LogP contribution in [0.15, 0.2) is 24.4 Å². The van der Waals surface area contributed by atoms with Gasteiger partial charge in [0.15, 0.2) is 0 Å². The van der Waals surface area contributed by atoms with Crippen LogP contribution < -0.4 is 4.74 Å². The smallest absolute Gasteiger partial charge is 0.478 e. The summed E-state index contributed by atoms with van der Waals surface area (Å²) in [5.74, 6) is -1.29. The van der Waals surface area contributed by atoms with E-state index >= 15 is 0 Å². The molecule has 2 fully saturated rings. The number of pyridine rings is 1. The summed E-state index contributed by atoms with van der Waals surface area (Å²) in [6, 6.07) is 5.69. The Bertz CT molecular complexity index is 725. The van der Waals surface area contributed by atoms with Crippen LogP contribution in [0.4, 0.5) is 13.2 Å². The highest BCUT2D eigenvalue weighted by molar-refractivity contribution is 5.79. The standard InChI is InChI=1S/C18H27N3O3.C2HF3O2/c1-20(2)12-17(22)21-13-18(14-21)11-15(7-10-24-18)6-9-23-16-5-3-4-8-19-16;3-2(4,5)1(6)7/h3-5,8,15H,6-7,9-14H2,1-2H3;(H,6,7). The van der Waals surface area contributed by atoms with Crippen molar-refractivity contribution in [3.05, 3.63) is 24.4 Å². The molecule has 1 aromatic heterocycles. The lowest BCUT2D eigenvalue weighted by atomic mass is 9.79. The van der Waals surface area contributed by atoms with Gasteiger partial charge in [0.1, 0.15) is 5.60 Å². The Morgan fingerprint density at radius 3 is 2.58 bits per heavy atom. The van der Waals surface area contributed by atoms with Gasteiger partial charge in [-0.05, 0) is 45.3 Å². The normalized spacial score (nSPS) is 19.9. The Morgan fingerprint density at radius 2 is 2.03 bits per heavy atom. The van der Waals surface area contributed by atoms with Gasteiger partial charge in [0, 0.05) is 18.9 Å². The molecule has 1 unspecified atom stereocenters. The van der Waals surface area contributed by atoms with E-state index in [0.29, 0.717) is 24.9 Å². The SMILES string of the molecule is CN(C)CC(=O)N1CC2(CC(CCOc3ccccn3)CCO2)C1.O=C(O)C(F)(F)F. The average Bonchev–Trinajstić information content (AvgIpc) is 2.66. The molecule has 1 amide bonds. The number of carbonyl (C=O) groups excluding carboxylic acids is 1. The van der Waals surface area contributed by atoms with Crippen molar-refractivity contribution < 1.29 is 37.3 Å². The van der Waals surface area contributed by atoms with Crippen molar-refractivity contribution >= 4 is 11.9 Å². The maximum atomic E-state index is 12.1. The molecule has 0 aromatic carbocycles. The highest BCUT2D eigenvalue weighted by atomic mass is 19.4. The zero-order chi connectivity index (χ0) is 23.1. The second kappa shape index (κ2) is 10.8. The van der Waals surface area contributed by atoms with Crippen molar-refractivity contribution in [1.82, 2.24) is 14.8 Å². The Morgan fingerprint density at radius 1 is 1.35 bits per heavy atom. The van der Waals surface area contributed by atoms with E-state index < -0.39 is 12.1 Å². The van der Waals surface area contributed by atoms with Gasteiger partial charge >= 0.3 is 12.1 Å². The van der Waals surface area contributed by atoms with Gasteiger partial charge in [0.05, 0.1) is 26.2 Å². The molecule has 2 aliphatic heterocycles. The minimum atomic E-state index is -5.08. The molecule has 1 spiro atoms. The van der Waals surface area contributed by atoms with E-state index in [4.69, 9.17) is 19.4 Å². The van der Waals surface area contributed by atoms with Gasteiger partial charge in [-0.15, -0.1) is 0 Å². The fourth-order valence-corrected chi connectivity index (χ4v) is 3.55. The van der Waals surface area contributed by atoms with Crippen LogP contribution in [-0.2, 0) is 14.3 Å². The lowest BCUT2D eigenvalue weighted by Crippen LogP contribution is -2.67. The van der Waals surface area contributed by atoms with Crippen molar-refractivity contribution in [2.75, 3.05) is 46.9 Å². The Kier molecular flexibility index (Phi) is 8.63. The molecular weight excluding hydrogens is 419 g/mol. The number of rotatable bonds is 6. The third-order valence-electron chi connectivity index (χ3n) is 5.01. The molecule has 2 aliphatic rings. The fraction of sp³-hybridized carbons (Fsp3) is 0.650. The number of carboxylic acid groups (broad SMARTS) is 1. The molecule has 2 saturated heterocycles. The first-order chi connectivity index (χ1) is 14.5. The summed E-state index contributed by atoms with van der Waals surface area (Å²) in [5, 5.41) is 7.12. The van der Waals surface area contributed by atoms with E-state index in [2.05, 4.69) is 4.98 Å². The molecule has 0 bridgehead atoms. The van der Waals surface area contributed by atoms with Crippen molar-refractivity contribution in [2.24, 2.45) is 5.92 Å². The van der Waals surface area contributed by atoms with Gasteiger partial charge in [-0.25, -0.2) is 9.78 Å². The molecule has 11 heteroatoms. The predicted octanol–water partition coefficient (Wildman–Crippen LogP) is 2.05. The topological polar surface area (TPSA) is 92.2 Å². The first-order valence-corrected chi connectivity index (χ1v) is 9.91. The van der Waals surface area contributed by atoms with E-state index in [1.807, 2.05) is 42.1 Å². The predicted molar refractivity (Wildman–Crippen MR) is 105 cm³/mol. The van der Waals surface area contributed by atoms with E-state index in [1.54, 1.807) is 6.20 Å². The summed E-state index contributed by atoms with van der Waals surface area (Å²) in [5.41, 5.74) is -0.115. The maximum Gasteiger partial charge on any atom is 0.490 e. The molecule has 0 saturated carbocycles. The molecule has 8 nitrogen and oxygen atoms in total. The fourth-order valence-electron chi connectivity index (χ4n) is 3.55. The number of halogens is 3. The van der Waals surface area contributed by atoms with E-state index in [0.717, 1.165) is 39.0 Å². The molecule has 1 aromatic rings. The van der Waals surface area contributed by atoms with Crippen molar-refractivity contribution in [1.29, 1.82) is 0 Å². The molecule has 1 N–H and O–H groups in total. The second-order valence-corrected chi connectivity index (χ2v) is 7.99. The molecule has 0 aliphatic carbocycles. The van der Waals surface area contributed by atoms with Crippen LogP contribution in [0.1, 0.15) is 19.3 Å². The van der Waals surface area contributed by atoms with Crippen molar-refractivity contribution in [3.63, 3.8) is 0 Å². The molecule has 31 heavy (non-hydrogen) atoms. The molecule has 174 valence electrons. The zero-order valence-corrected chi connectivity index (χ0v) is 17.6. The van der Waals surface area contributed by atoms with Crippen LogP contribution in [0.2, 0.25) is 0 Å². The lowest BCUT2D eigenvalue weighted by Gasteiger charge is -2.53. The third-order valence-corrected chi connectivity index (χ3v) is 5.01. The maximum absolute atomic E-state index is 12.1. The number of carbonyl (C=O) groups is 2. The molecular formula is C20H28F3N3O5. The second-order valence-electron chi connectivity index (χ2n) is 7.99. The zero-order valence-electron chi connectivity index (χ0n) is 17.6. The summed E-state index contributed by atoms with van der Waals surface area (Å²) >= 11 is 0. The molecule has 3 rings (SSSR count). The highest BCUT2D eigenvalue weighted by Gasteiger charge is 2.49. The Hall–Kier alpha value is -2.40. The number of likely N-dealkylation sites (N-methyl/N-ethyl adjacent to an activating group) is 1. The van der Waals surface area contributed by atoms with Crippen LogP contribution in [0.3, 0.4) is 0 Å². The van der Waals surface area contributed by atoms with Crippen LogP contribution in [0.25, 0.3) is 0 Å². The summed E-state index contributed by atoms with van der Waals surface area (Å²) in [7, 11) is 3.84. The summed E-state index contributed by atoms with van der Waals surface area (Å²) in [6.45, 7) is 3.40. The van der Waals surface area contributed by atoms with Crippen molar-refractivity contribution in [2.45, 2.75) is 31.0 Å². The third kappa shape index (κ3) is 7.98. The van der Waals surface area contributed by atoms with Crippen molar-refractivity contribution in [3.8, 4) is 5.88 Å². The number of hydrogen-bond donors (Lipinski definition) is 1. The van der Waals surface area contributed by atoms with Crippen LogP contribution in [-0.4, -0.2) is 90.5 Å². The largest absolute Gasteiger partial charge is 0.490 e. The minimum absolute atomic E-state index is 0.115. The van der Waals surface area contributed by atoms with Crippen LogP contribution >= 0.6 is 0 Å². The van der Waals surface area contributed by atoms with Gasteiger partial charge in [-0.2, -0.15) is 13.2 Å². The summed E-state index contributed by atoms with van der Waals surface area (Å²) in [4.78, 5) is 29.0. The van der Waals surface area contributed by atoms with E-state index in [-0.39, 0.29) is 11.5 Å². The number of amides is 1. The summed E-state index contributed by atoms with van der Waals surface area (Å²) in [6.07, 6.45) is -0.247. The monoisotopic (exact) mass is 447 g/mol. The van der Waals surface area contributed by atoms with Gasteiger partial charge in [0.2, 0.25) is 11.8 Å². The highest BCUT2D eigenvalue weighted by Crippen LogP contribution is 2.38. The quantitative estimate of drug-likeness (QED) is 0.714. The number of alkyl halides is 3. The van der Waals surface area contributed by atoms with Gasteiger partial charge in [-0.1, -0.05) is 6.07 Å². The number of carboxylic acids is 1. The van der Waals surface area contributed by atoms with Gasteiger partial charge < -0.3 is 24.4 Å². The van der Waals surface area contributed by atoms with E-state index in [1.165, 1.54) is 0 Å². The Balaban J connectivity index is 0.000000423. The van der Waals surface area contributed by atoms with Crippen LogP contribution in [0, 0.1) is 5.92 Å². The average molecular weight is 447 g/mol. The minimum Gasteiger partial charge on any atom is -0.478 e. The van der Waals surface area contributed by atoms with Gasteiger partial charge in [-0.3, -0.25) is 4.79 Å². The van der Waals surface area contributed by atoms with E-state index in [9.17, 15) is 18.0 Å². The molecule has 3 heterocycles. The first kappa shape index (κ1) is 24.9. The first-order valence-electron chi connectivity index (χ1n) is 9.91. The lowest BCUT2D eigenvalue weighted by molar-refractivity contribution is -0.192. The number of ether oxygens (including phenoxy) is 2. The number of likely N-dealkylation sites (tertiary alicyclic amines) is 1. The number of hydrogen-bond acceptors (Lipinski definition) is 6. The van der Waals surface area contributed by atoms with Gasteiger partial charge in [0.25, 0.3) is 0 Å².